The van der Waals surface area contributed by atoms with Crippen molar-refractivity contribution in [2.45, 2.75) is 0 Å². The molecule has 0 aromatic heterocycles. The molecule has 120 valence electrons. The van der Waals surface area contributed by atoms with E-state index in [1.165, 1.54) is 32.4 Å². The Labute approximate surface area is 138 Å². The normalized spacial score (nSPS) is 11.2. The van der Waals surface area contributed by atoms with Crippen LogP contribution in [-0.2, 0) is 4.79 Å². The van der Waals surface area contributed by atoms with Crippen molar-refractivity contribution in [1.82, 2.24) is 0 Å². The number of rotatable bonds is 5. The third-order valence-corrected chi connectivity index (χ3v) is 3.51. The van der Waals surface area contributed by atoms with Crippen LogP contribution in [0.4, 0.5) is 0 Å². The molecule has 0 spiro atoms. The van der Waals surface area contributed by atoms with Gasteiger partial charge in [0.25, 0.3) is 0 Å². The zero-order chi connectivity index (χ0) is 17.0. The quantitative estimate of drug-likeness (QED) is 0.644. The van der Waals surface area contributed by atoms with Crippen LogP contribution in [0.15, 0.2) is 36.4 Å². The predicted octanol–water partition coefficient (Wildman–Crippen LogP) is 3.69. The number of phenols is 1. The number of halogens is 1. The van der Waals surface area contributed by atoms with E-state index < -0.39 is 5.97 Å². The number of hydrogen-bond acceptors (Lipinski definition) is 4. The standard InChI is InChI=1S/C17H15ClO5/c1-22-11-4-6-16(23-2)12(9-11)13(17(20)21)7-10-3-5-15(19)14(18)8-10/h3-9,19H,1-2H3,(H,20,21)/b13-7-. The van der Waals surface area contributed by atoms with Gasteiger partial charge in [-0.2, -0.15) is 0 Å². The number of carbonyl (C=O) groups is 1. The lowest BCUT2D eigenvalue weighted by Crippen LogP contribution is -2.02. The van der Waals surface area contributed by atoms with Gasteiger partial charge in [0.1, 0.15) is 17.2 Å². The van der Waals surface area contributed by atoms with Gasteiger partial charge >= 0.3 is 5.97 Å². The van der Waals surface area contributed by atoms with Crippen LogP contribution in [0, 0.1) is 0 Å². The highest BCUT2D eigenvalue weighted by Crippen LogP contribution is 2.32. The number of carboxylic acids is 1. The number of aromatic hydroxyl groups is 1. The third-order valence-electron chi connectivity index (χ3n) is 3.21. The molecule has 0 heterocycles. The molecule has 5 nitrogen and oxygen atoms in total. The Hall–Kier alpha value is -2.66. The number of phenolic OH excluding ortho intramolecular Hbond substituents is 1. The van der Waals surface area contributed by atoms with E-state index in [-0.39, 0.29) is 16.3 Å². The molecule has 2 rings (SSSR count). The van der Waals surface area contributed by atoms with Crippen molar-refractivity contribution in [2.24, 2.45) is 0 Å². The summed E-state index contributed by atoms with van der Waals surface area (Å²) in [6.07, 6.45) is 1.45. The minimum absolute atomic E-state index is 0.0162. The van der Waals surface area contributed by atoms with E-state index in [4.69, 9.17) is 21.1 Å². The van der Waals surface area contributed by atoms with E-state index in [0.29, 0.717) is 22.6 Å². The molecule has 0 amide bonds. The fourth-order valence-electron chi connectivity index (χ4n) is 2.06. The molecule has 0 atom stereocenters. The number of carboxylic acid groups (broad SMARTS) is 1. The summed E-state index contributed by atoms with van der Waals surface area (Å²) in [4.78, 5) is 11.7. The molecule has 0 saturated carbocycles. The van der Waals surface area contributed by atoms with Crippen LogP contribution in [0.2, 0.25) is 5.02 Å². The Morgan fingerprint density at radius 1 is 1.13 bits per heavy atom. The summed E-state index contributed by atoms with van der Waals surface area (Å²) < 4.78 is 10.4. The average molecular weight is 335 g/mol. The van der Waals surface area contributed by atoms with Crippen molar-refractivity contribution >= 4 is 29.2 Å². The first-order chi connectivity index (χ1) is 11.0. The highest BCUT2D eigenvalue weighted by Gasteiger charge is 2.17. The molecule has 0 bridgehead atoms. The van der Waals surface area contributed by atoms with E-state index in [1.54, 1.807) is 24.3 Å². The lowest BCUT2D eigenvalue weighted by atomic mass is 10.0. The second kappa shape index (κ2) is 7.07. The van der Waals surface area contributed by atoms with Gasteiger partial charge in [0.2, 0.25) is 0 Å². The summed E-state index contributed by atoms with van der Waals surface area (Å²) >= 11 is 5.86. The van der Waals surface area contributed by atoms with Crippen LogP contribution < -0.4 is 9.47 Å². The second-order valence-electron chi connectivity index (χ2n) is 4.64. The molecule has 0 aliphatic carbocycles. The predicted molar refractivity (Wildman–Crippen MR) is 88.2 cm³/mol. The number of ether oxygens (including phenoxy) is 2. The summed E-state index contributed by atoms with van der Waals surface area (Å²) in [5.41, 5.74) is 0.932. The molecule has 0 fully saturated rings. The second-order valence-corrected chi connectivity index (χ2v) is 5.05. The molecule has 0 aliphatic rings. The maximum Gasteiger partial charge on any atom is 0.336 e. The van der Waals surface area contributed by atoms with Crippen LogP contribution >= 0.6 is 11.6 Å². The van der Waals surface area contributed by atoms with Crippen LogP contribution in [0.1, 0.15) is 11.1 Å². The van der Waals surface area contributed by atoms with Crippen molar-refractivity contribution in [3.63, 3.8) is 0 Å². The van der Waals surface area contributed by atoms with E-state index in [9.17, 15) is 15.0 Å². The van der Waals surface area contributed by atoms with Crippen LogP contribution in [0.3, 0.4) is 0 Å². The molecular weight excluding hydrogens is 320 g/mol. The highest BCUT2D eigenvalue weighted by atomic mass is 35.5. The first kappa shape index (κ1) is 16.7. The minimum Gasteiger partial charge on any atom is -0.506 e. The maximum absolute atomic E-state index is 11.7. The lowest BCUT2D eigenvalue weighted by Gasteiger charge is -2.11. The average Bonchev–Trinajstić information content (AvgIpc) is 2.55. The molecule has 2 aromatic rings. The Kier molecular flexibility index (Phi) is 5.13. The minimum atomic E-state index is -1.12. The van der Waals surface area contributed by atoms with Gasteiger partial charge < -0.3 is 19.7 Å². The zero-order valence-corrected chi connectivity index (χ0v) is 13.3. The summed E-state index contributed by atoms with van der Waals surface area (Å²) in [7, 11) is 2.96. The number of hydrogen-bond donors (Lipinski definition) is 2. The van der Waals surface area contributed by atoms with Crippen molar-refractivity contribution in [1.29, 1.82) is 0 Å². The fourth-order valence-corrected chi connectivity index (χ4v) is 2.25. The molecule has 0 radical (unpaired) electrons. The molecule has 23 heavy (non-hydrogen) atoms. The van der Waals surface area contributed by atoms with Crippen LogP contribution in [-0.4, -0.2) is 30.4 Å². The Morgan fingerprint density at radius 3 is 2.43 bits per heavy atom. The van der Waals surface area contributed by atoms with Gasteiger partial charge in [0.05, 0.1) is 24.8 Å². The SMILES string of the molecule is COc1ccc(OC)c(/C(=C/c2ccc(O)c(Cl)c2)C(=O)O)c1. The molecular formula is C17H15ClO5. The molecule has 0 saturated heterocycles. The van der Waals surface area contributed by atoms with Crippen molar-refractivity contribution < 1.29 is 24.5 Å². The van der Waals surface area contributed by atoms with Crippen LogP contribution in [0.5, 0.6) is 17.2 Å². The summed E-state index contributed by atoms with van der Waals surface area (Å²) in [6.45, 7) is 0. The summed E-state index contributed by atoms with van der Waals surface area (Å²) in [5, 5.41) is 19.1. The van der Waals surface area contributed by atoms with E-state index in [0.717, 1.165) is 0 Å². The third kappa shape index (κ3) is 3.76. The Morgan fingerprint density at radius 2 is 1.87 bits per heavy atom. The molecule has 6 heteroatoms. The van der Waals surface area contributed by atoms with Crippen molar-refractivity contribution in [2.75, 3.05) is 14.2 Å². The zero-order valence-electron chi connectivity index (χ0n) is 12.5. The van der Waals surface area contributed by atoms with Crippen LogP contribution in [0.25, 0.3) is 11.6 Å². The largest absolute Gasteiger partial charge is 0.506 e. The first-order valence-corrected chi connectivity index (χ1v) is 7.00. The van der Waals surface area contributed by atoms with Gasteiger partial charge in [-0.15, -0.1) is 0 Å². The van der Waals surface area contributed by atoms with Gasteiger partial charge in [-0.1, -0.05) is 17.7 Å². The number of methoxy groups -OCH3 is 2. The van der Waals surface area contributed by atoms with Crippen molar-refractivity contribution in [3.8, 4) is 17.2 Å². The monoisotopic (exact) mass is 334 g/mol. The van der Waals surface area contributed by atoms with Gasteiger partial charge in [-0.3, -0.25) is 0 Å². The summed E-state index contributed by atoms with van der Waals surface area (Å²) in [5.74, 6) is -0.276. The summed E-state index contributed by atoms with van der Waals surface area (Å²) in [6, 6.07) is 9.34. The molecule has 0 unspecified atom stereocenters. The number of benzene rings is 2. The molecule has 2 N–H and O–H groups in total. The van der Waals surface area contributed by atoms with Gasteiger partial charge in [0, 0.05) is 5.56 Å². The van der Waals surface area contributed by atoms with E-state index in [2.05, 4.69) is 0 Å². The maximum atomic E-state index is 11.7. The highest BCUT2D eigenvalue weighted by molar-refractivity contribution is 6.32. The topological polar surface area (TPSA) is 76.0 Å². The van der Waals surface area contributed by atoms with Crippen molar-refractivity contribution in [3.05, 3.63) is 52.5 Å². The Balaban J connectivity index is 2.60. The lowest BCUT2D eigenvalue weighted by molar-refractivity contribution is -0.130. The number of aliphatic carboxylic acids is 1. The van der Waals surface area contributed by atoms with E-state index in [1.807, 2.05) is 0 Å². The smallest absolute Gasteiger partial charge is 0.336 e. The Bertz CT molecular complexity index is 768. The molecule has 2 aromatic carbocycles. The van der Waals surface area contributed by atoms with E-state index >= 15 is 0 Å². The molecule has 0 aliphatic heterocycles. The van der Waals surface area contributed by atoms with Gasteiger partial charge in [-0.25, -0.2) is 4.79 Å². The first-order valence-electron chi connectivity index (χ1n) is 6.62. The van der Waals surface area contributed by atoms with Gasteiger partial charge in [0.15, 0.2) is 0 Å². The fraction of sp³-hybridized carbons (Fsp3) is 0.118. The van der Waals surface area contributed by atoms with Gasteiger partial charge in [-0.05, 0) is 42.0 Å².